The Morgan fingerprint density at radius 2 is 1.90 bits per heavy atom. The van der Waals surface area contributed by atoms with Crippen LogP contribution in [-0.4, -0.2) is 22.5 Å². The summed E-state index contributed by atoms with van der Waals surface area (Å²) in [5, 5.41) is 6.63. The van der Waals surface area contributed by atoms with Crippen molar-refractivity contribution in [2.75, 3.05) is 11.9 Å². The Balaban J connectivity index is 1.48. The van der Waals surface area contributed by atoms with Gasteiger partial charge in [0.05, 0.1) is 15.7 Å². The summed E-state index contributed by atoms with van der Waals surface area (Å²) >= 11 is 13.9. The van der Waals surface area contributed by atoms with Crippen molar-refractivity contribution in [2.45, 2.75) is 6.92 Å². The number of aryl methyl sites for hydroxylation is 1. The van der Waals surface area contributed by atoms with Gasteiger partial charge in [0.25, 0.3) is 5.91 Å². The third-order valence-electron chi connectivity index (χ3n) is 4.14. The van der Waals surface area contributed by atoms with Crippen LogP contribution in [0.4, 0.5) is 5.13 Å². The van der Waals surface area contributed by atoms with Crippen molar-refractivity contribution in [3.63, 3.8) is 0 Å². The van der Waals surface area contributed by atoms with Crippen molar-refractivity contribution >= 4 is 56.5 Å². The summed E-state index contributed by atoms with van der Waals surface area (Å²) in [6.45, 7) is 1.63. The van der Waals surface area contributed by atoms with E-state index >= 15 is 0 Å². The van der Waals surface area contributed by atoms with Gasteiger partial charge in [0.1, 0.15) is 5.52 Å². The van der Waals surface area contributed by atoms with Crippen LogP contribution in [-0.2, 0) is 4.79 Å². The maximum absolute atomic E-state index is 12.4. The van der Waals surface area contributed by atoms with E-state index in [-0.39, 0.29) is 12.5 Å². The molecule has 0 aliphatic carbocycles. The minimum absolute atomic E-state index is 0.230. The maximum atomic E-state index is 12.4. The highest BCUT2D eigenvalue weighted by Gasteiger charge is 2.15. The number of aromatic nitrogens is 2. The van der Waals surface area contributed by atoms with E-state index in [1.165, 1.54) is 11.3 Å². The van der Waals surface area contributed by atoms with Crippen molar-refractivity contribution in [3.8, 4) is 17.0 Å². The first-order valence-corrected chi connectivity index (χ1v) is 10.3. The second kappa shape index (κ2) is 8.37. The molecule has 8 heteroatoms. The van der Waals surface area contributed by atoms with Crippen LogP contribution >= 0.6 is 34.5 Å². The van der Waals surface area contributed by atoms with Crippen LogP contribution in [0.2, 0.25) is 10.0 Å². The van der Waals surface area contributed by atoms with Gasteiger partial charge in [-0.2, -0.15) is 0 Å². The molecule has 29 heavy (non-hydrogen) atoms. The highest BCUT2D eigenvalue weighted by Crippen LogP contribution is 2.37. The summed E-state index contributed by atoms with van der Waals surface area (Å²) in [6, 6.07) is 15.0. The molecule has 0 bridgehead atoms. The Morgan fingerprint density at radius 3 is 2.69 bits per heavy atom. The topological polar surface area (TPSA) is 64.1 Å². The van der Waals surface area contributed by atoms with Crippen LogP contribution in [0.25, 0.3) is 22.2 Å². The molecule has 0 radical (unpaired) electrons. The summed E-state index contributed by atoms with van der Waals surface area (Å²) in [7, 11) is 0. The van der Waals surface area contributed by atoms with Gasteiger partial charge in [-0.05, 0) is 25.1 Å². The number of amides is 1. The third-order valence-corrected chi connectivity index (χ3v) is 5.50. The zero-order valence-corrected chi connectivity index (χ0v) is 17.6. The molecule has 0 spiro atoms. The number of hydrogen-bond donors (Lipinski definition) is 1. The Morgan fingerprint density at radius 1 is 1.10 bits per heavy atom. The van der Waals surface area contributed by atoms with E-state index in [2.05, 4.69) is 15.3 Å². The number of carbonyl (C=O) groups is 1. The number of carbonyl (C=O) groups excluding carboxylic acids is 1. The fourth-order valence-electron chi connectivity index (χ4n) is 2.79. The Labute approximate surface area is 181 Å². The molecule has 5 nitrogen and oxygen atoms in total. The molecule has 0 saturated heterocycles. The van der Waals surface area contributed by atoms with Crippen molar-refractivity contribution in [3.05, 3.63) is 69.7 Å². The van der Waals surface area contributed by atoms with E-state index in [1.54, 1.807) is 6.07 Å². The molecule has 1 amide bonds. The van der Waals surface area contributed by atoms with Gasteiger partial charge in [-0.1, -0.05) is 53.5 Å². The fraction of sp³-hybridized carbons (Fsp3) is 0.0952. The number of nitrogens with zero attached hydrogens (tertiary/aromatic N) is 2. The van der Waals surface area contributed by atoms with Gasteiger partial charge in [0.15, 0.2) is 17.5 Å². The standard InChI is InChI=1S/C21H15Cl2N3O2S/c1-12-7-8-14-15(22)9-16(23)20(19(14)24-12)28-10-18(27)26-21-25-17(11-29-21)13-5-3-2-4-6-13/h2-9,11H,10H2,1H3,(H,25,26,27). The minimum atomic E-state index is -0.342. The second-order valence-corrected chi connectivity index (χ2v) is 7.93. The summed E-state index contributed by atoms with van der Waals surface area (Å²) in [6.07, 6.45) is 0. The van der Waals surface area contributed by atoms with Gasteiger partial charge in [-0.3, -0.25) is 10.1 Å². The van der Waals surface area contributed by atoms with Crippen LogP contribution in [0.5, 0.6) is 5.75 Å². The molecule has 0 aliphatic rings. The number of pyridine rings is 1. The lowest BCUT2D eigenvalue weighted by Gasteiger charge is -2.12. The van der Waals surface area contributed by atoms with Crippen molar-refractivity contribution in [2.24, 2.45) is 0 Å². The Hall–Kier alpha value is -2.67. The fourth-order valence-corrected chi connectivity index (χ4v) is 4.10. The summed E-state index contributed by atoms with van der Waals surface area (Å²) in [5.74, 6) is -0.0141. The van der Waals surface area contributed by atoms with Crippen molar-refractivity contribution < 1.29 is 9.53 Å². The zero-order chi connectivity index (χ0) is 20.4. The highest BCUT2D eigenvalue weighted by molar-refractivity contribution is 7.14. The first-order chi connectivity index (χ1) is 14.0. The van der Waals surface area contributed by atoms with Crippen LogP contribution in [0.3, 0.4) is 0 Å². The summed E-state index contributed by atoms with van der Waals surface area (Å²) < 4.78 is 5.70. The van der Waals surface area contributed by atoms with E-state index in [1.807, 2.05) is 54.8 Å². The summed E-state index contributed by atoms with van der Waals surface area (Å²) in [5.41, 5.74) is 3.11. The Bertz CT molecular complexity index is 1200. The highest BCUT2D eigenvalue weighted by atomic mass is 35.5. The molecule has 4 rings (SSSR count). The summed E-state index contributed by atoms with van der Waals surface area (Å²) in [4.78, 5) is 21.3. The molecule has 146 valence electrons. The third kappa shape index (κ3) is 4.34. The van der Waals surface area contributed by atoms with Gasteiger partial charge < -0.3 is 4.74 Å². The predicted octanol–water partition coefficient (Wildman–Crippen LogP) is 5.99. The number of benzene rings is 2. The molecular weight excluding hydrogens is 429 g/mol. The lowest BCUT2D eigenvalue weighted by Crippen LogP contribution is -2.20. The second-order valence-electron chi connectivity index (χ2n) is 6.26. The molecule has 0 fully saturated rings. The number of thiazole rings is 1. The lowest BCUT2D eigenvalue weighted by atomic mass is 10.2. The van der Waals surface area contributed by atoms with E-state index in [0.717, 1.165) is 17.0 Å². The predicted molar refractivity (Wildman–Crippen MR) is 118 cm³/mol. The van der Waals surface area contributed by atoms with E-state index < -0.39 is 0 Å². The molecule has 0 aliphatic heterocycles. The lowest BCUT2D eigenvalue weighted by molar-refractivity contribution is -0.118. The molecule has 0 atom stereocenters. The van der Waals surface area contributed by atoms with Crippen molar-refractivity contribution in [1.29, 1.82) is 0 Å². The Kier molecular flexibility index (Phi) is 5.67. The van der Waals surface area contributed by atoms with Gasteiger partial charge in [-0.15, -0.1) is 11.3 Å². The van der Waals surface area contributed by atoms with Crippen LogP contribution in [0, 0.1) is 6.92 Å². The SMILES string of the molecule is Cc1ccc2c(Cl)cc(Cl)c(OCC(=O)Nc3nc(-c4ccccc4)cs3)c2n1. The van der Waals surface area contributed by atoms with Crippen LogP contribution in [0.1, 0.15) is 5.69 Å². The maximum Gasteiger partial charge on any atom is 0.264 e. The number of rotatable bonds is 5. The molecule has 0 saturated carbocycles. The van der Waals surface area contributed by atoms with Crippen LogP contribution in [0.15, 0.2) is 53.9 Å². The molecule has 1 N–H and O–H groups in total. The van der Waals surface area contributed by atoms with Gasteiger partial charge >= 0.3 is 0 Å². The van der Waals surface area contributed by atoms with E-state index in [9.17, 15) is 4.79 Å². The first kappa shape index (κ1) is 19.6. The number of anilines is 1. The average Bonchev–Trinajstić information content (AvgIpc) is 3.16. The first-order valence-electron chi connectivity index (χ1n) is 8.70. The van der Waals surface area contributed by atoms with Gasteiger partial charge in [0, 0.05) is 22.0 Å². The number of ether oxygens (including phenoxy) is 1. The molecule has 0 unspecified atom stereocenters. The normalized spacial score (nSPS) is 10.9. The largest absolute Gasteiger partial charge is 0.480 e. The average molecular weight is 444 g/mol. The van der Waals surface area contributed by atoms with Gasteiger partial charge in [-0.25, -0.2) is 9.97 Å². The molecule has 4 aromatic rings. The number of halogens is 2. The smallest absolute Gasteiger partial charge is 0.264 e. The number of hydrogen-bond acceptors (Lipinski definition) is 5. The monoisotopic (exact) mass is 443 g/mol. The molecule has 2 aromatic carbocycles. The zero-order valence-electron chi connectivity index (χ0n) is 15.3. The van der Waals surface area contributed by atoms with Crippen LogP contribution < -0.4 is 10.1 Å². The van der Waals surface area contributed by atoms with E-state index in [4.69, 9.17) is 27.9 Å². The minimum Gasteiger partial charge on any atom is -0.480 e. The van der Waals surface area contributed by atoms with Gasteiger partial charge in [0.2, 0.25) is 0 Å². The molecule has 2 heterocycles. The molecule has 2 aromatic heterocycles. The molecular formula is C21H15Cl2N3O2S. The number of nitrogens with one attached hydrogen (secondary N) is 1. The number of fused-ring (bicyclic) bond motifs is 1. The van der Waals surface area contributed by atoms with Crippen molar-refractivity contribution in [1.82, 2.24) is 9.97 Å². The quantitative estimate of drug-likeness (QED) is 0.411. The van der Waals surface area contributed by atoms with E-state index in [0.29, 0.717) is 31.8 Å².